The third-order valence-electron chi connectivity index (χ3n) is 5.02. The fourth-order valence-electron chi connectivity index (χ4n) is 3.51. The van der Waals surface area contributed by atoms with Gasteiger partial charge in [-0.25, -0.2) is 9.37 Å². The van der Waals surface area contributed by atoms with Gasteiger partial charge in [0.05, 0.1) is 24.9 Å². The Morgan fingerprint density at radius 3 is 3.03 bits per heavy atom. The first-order valence-corrected chi connectivity index (χ1v) is 10.6. The van der Waals surface area contributed by atoms with Crippen LogP contribution in [0.2, 0.25) is 5.02 Å². The molecule has 0 bridgehead atoms. The quantitative estimate of drug-likeness (QED) is 0.704. The molecule has 11 heteroatoms. The number of carboxylic acid groups (broad SMARTS) is 1. The first-order chi connectivity index (χ1) is 15.0. The number of morpholine rings is 1. The number of nitrogens with one attached hydrogen (secondary N) is 1. The number of benzene rings is 1. The molecule has 2 aromatic rings. The minimum atomic E-state index is -0.999. The molecule has 2 atom stereocenters. The van der Waals surface area contributed by atoms with E-state index in [0.717, 1.165) is 0 Å². The Morgan fingerprint density at radius 2 is 2.35 bits per heavy atom. The molecule has 2 aliphatic heterocycles. The van der Waals surface area contributed by atoms with E-state index < -0.39 is 23.9 Å². The summed E-state index contributed by atoms with van der Waals surface area (Å²) in [4.78, 5) is 22.3. The zero-order valence-electron chi connectivity index (χ0n) is 16.1. The van der Waals surface area contributed by atoms with Gasteiger partial charge in [0.1, 0.15) is 17.9 Å². The highest BCUT2D eigenvalue weighted by molar-refractivity contribution is 7.11. The maximum Gasteiger partial charge on any atom is 0.323 e. The number of nitriles is 1. The molecule has 0 unspecified atom stereocenters. The summed E-state index contributed by atoms with van der Waals surface area (Å²) >= 11 is 7.65. The van der Waals surface area contributed by atoms with E-state index in [2.05, 4.69) is 21.4 Å². The van der Waals surface area contributed by atoms with E-state index >= 15 is 0 Å². The van der Waals surface area contributed by atoms with Crippen LogP contribution in [0.3, 0.4) is 0 Å². The van der Waals surface area contributed by atoms with E-state index in [1.165, 1.54) is 29.5 Å². The predicted octanol–water partition coefficient (Wildman–Crippen LogP) is 2.59. The molecule has 8 nitrogen and oxygen atoms in total. The second-order valence-electron chi connectivity index (χ2n) is 6.91. The highest BCUT2D eigenvalue weighted by Gasteiger charge is 2.34. The molecular weight excluding hydrogens is 445 g/mol. The van der Waals surface area contributed by atoms with Crippen molar-refractivity contribution in [2.45, 2.75) is 12.1 Å². The predicted molar refractivity (Wildman–Crippen MR) is 112 cm³/mol. The number of aliphatic imine (C=N–C) groups is 1. The van der Waals surface area contributed by atoms with Crippen molar-refractivity contribution in [3.8, 4) is 6.07 Å². The van der Waals surface area contributed by atoms with E-state index in [-0.39, 0.29) is 23.7 Å². The smallest absolute Gasteiger partial charge is 0.323 e. The molecule has 1 fully saturated rings. The second-order valence-corrected chi connectivity index (χ2v) is 8.21. The van der Waals surface area contributed by atoms with Gasteiger partial charge in [-0.05, 0) is 12.1 Å². The third-order valence-corrected chi connectivity index (χ3v) is 6.13. The Hall–Kier alpha value is -2.84. The lowest BCUT2D eigenvalue weighted by atomic mass is 9.96. The molecule has 0 amide bonds. The summed E-state index contributed by atoms with van der Waals surface area (Å²) in [7, 11) is 0. The number of thiazole rings is 1. The van der Waals surface area contributed by atoms with Crippen molar-refractivity contribution in [1.29, 1.82) is 5.26 Å². The van der Waals surface area contributed by atoms with Crippen LogP contribution in [0.15, 0.2) is 46.0 Å². The summed E-state index contributed by atoms with van der Waals surface area (Å²) in [5, 5.41) is 25.2. The van der Waals surface area contributed by atoms with Crippen molar-refractivity contribution in [2.24, 2.45) is 4.99 Å². The Kier molecular flexibility index (Phi) is 6.29. The largest absolute Gasteiger partial charge is 0.480 e. The molecule has 4 rings (SSSR count). The van der Waals surface area contributed by atoms with Gasteiger partial charge in [-0.15, -0.1) is 11.3 Å². The molecule has 0 radical (unpaired) electrons. The van der Waals surface area contributed by atoms with Gasteiger partial charge in [0.15, 0.2) is 10.8 Å². The molecule has 2 aliphatic rings. The van der Waals surface area contributed by atoms with Crippen molar-refractivity contribution in [1.82, 2.24) is 15.2 Å². The first-order valence-electron chi connectivity index (χ1n) is 9.35. The van der Waals surface area contributed by atoms with Crippen LogP contribution in [0.5, 0.6) is 0 Å². The van der Waals surface area contributed by atoms with Crippen LogP contribution in [0.25, 0.3) is 0 Å². The highest BCUT2D eigenvalue weighted by Crippen LogP contribution is 2.36. The number of hydrogen-bond donors (Lipinski definition) is 2. The summed E-state index contributed by atoms with van der Waals surface area (Å²) in [6.07, 6.45) is 1.63. The van der Waals surface area contributed by atoms with Crippen molar-refractivity contribution < 1.29 is 19.0 Å². The Labute approximate surface area is 186 Å². The molecule has 1 aromatic heterocycles. The minimum absolute atomic E-state index is 0.0607. The summed E-state index contributed by atoms with van der Waals surface area (Å²) in [5.41, 5.74) is 1.26. The van der Waals surface area contributed by atoms with Gasteiger partial charge in [0.2, 0.25) is 0 Å². The van der Waals surface area contributed by atoms with Gasteiger partial charge < -0.3 is 15.2 Å². The number of amidine groups is 1. The van der Waals surface area contributed by atoms with E-state index in [9.17, 15) is 19.6 Å². The lowest BCUT2D eigenvalue weighted by Gasteiger charge is -2.35. The number of hydrogen-bond acceptors (Lipinski definition) is 8. The van der Waals surface area contributed by atoms with Crippen molar-refractivity contribution in [3.63, 3.8) is 0 Å². The molecule has 160 valence electrons. The number of rotatable bonds is 5. The van der Waals surface area contributed by atoms with Crippen molar-refractivity contribution in [3.05, 3.63) is 62.5 Å². The number of carbonyl (C=O) groups is 1. The molecule has 31 heavy (non-hydrogen) atoms. The molecule has 0 saturated carbocycles. The summed E-state index contributed by atoms with van der Waals surface area (Å²) in [5.74, 6) is -1.05. The molecule has 3 heterocycles. The zero-order chi connectivity index (χ0) is 22.0. The maximum absolute atomic E-state index is 13.6. The van der Waals surface area contributed by atoms with Crippen LogP contribution in [0, 0.1) is 17.1 Å². The number of nitrogens with zero attached hydrogens (tertiary/aromatic N) is 4. The van der Waals surface area contributed by atoms with Gasteiger partial charge in [-0.2, -0.15) is 5.26 Å². The Morgan fingerprint density at radius 1 is 1.52 bits per heavy atom. The number of halogens is 2. The molecule has 2 N–H and O–H groups in total. The van der Waals surface area contributed by atoms with Crippen LogP contribution in [-0.2, 0) is 9.53 Å². The van der Waals surface area contributed by atoms with E-state index in [1.54, 1.807) is 16.5 Å². The van der Waals surface area contributed by atoms with Gasteiger partial charge in [-0.3, -0.25) is 14.7 Å². The second kappa shape index (κ2) is 9.11. The lowest BCUT2D eigenvalue weighted by Crippen LogP contribution is -2.52. The summed E-state index contributed by atoms with van der Waals surface area (Å²) in [6.45, 7) is 1.01. The molecule has 1 aromatic carbocycles. The molecular formula is C20H17ClFN5O3S. The normalized spacial score (nSPS) is 21.9. The zero-order valence-corrected chi connectivity index (χ0v) is 17.7. The Bertz CT molecular complexity index is 1100. The SMILES string of the molecule is N#CC1=C(CN2CCOC[C@H]2C(=O)O)NC(c2nccs2)=N[C@H]1c1ccc(F)cc1Cl. The van der Waals surface area contributed by atoms with Crippen LogP contribution < -0.4 is 5.32 Å². The molecule has 1 saturated heterocycles. The summed E-state index contributed by atoms with van der Waals surface area (Å²) in [6, 6.07) is 4.50. The topological polar surface area (TPSA) is 111 Å². The highest BCUT2D eigenvalue weighted by atomic mass is 35.5. The maximum atomic E-state index is 13.6. The number of aromatic nitrogens is 1. The third kappa shape index (κ3) is 4.45. The first kappa shape index (κ1) is 21.4. The fraction of sp³-hybridized carbons (Fsp3) is 0.300. The van der Waals surface area contributed by atoms with Gasteiger partial charge in [0.25, 0.3) is 0 Å². The summed E-state index contributed by atoms with van der Waals surface area (Å²) < 4.78 is 18.9. The van der Waals surface area contributed by atoms with Crippen LogP contribution in [0.1, 0.15) is 16.6 Å². The van der Waals surface area contributed by atoms with Crippen molar-refractivity contribution in [2.75, 3.05) is 26.3 Å². The average molecular weight is 462 g/mol. The van der Waals surface area contributed by atoms with Gasteiger partial charge in [-0.1, -0.05) is 17.7 Å². The van der Waals surface area contributed by atoms with E-state index in [1.807, 2.05) is 0 Å². The number of ether oxygens (including phenoxy) is 1. The number of carboxylic acids is 1. The van der Waals surface area contributed by atoms with E-state index in [4.69, 9.17) is 16.3 Å². The van der Waals surface area contributed by atoms with Crippen molar-refractivity contribution >= 4 is 34.7 Å². The number of aliphatic carboxylic acids is 1. The van der Waals surface area contributed by atoms with Crippen LogP contribution in [0.4, 0.5) is 4.39 Å². The monoisotopic (exact) mass is 461 g/mol. The standard InChI is InChI=1S/C20H17ClFN5O3S/c21-14-7-11(22)1-2-12(14)17-13(8-23)15(25-18(26-17)19-24-3-6-31-19)9-27-4-5-30-10-16(27)20(28)29/h1-3,6-7,16-17H,4-5,9-10H2,(H,25,26)(H,28,29)/t16-,17-/m0/s1. The van der Waals surface area contributed by atoms with Gasteiger partial charge >= 0.3 is 5.97 Å². The Balaban J connectivity index is 1.77. The van der Waals surface area contributed by atoms with Crippen LogP contribution >= 0.6 is 22.9 Å². The van der Waals surface area contributed by atoms with E-state index in [0.29, 0.717) is 35.3 Å². The fourth-order valence-corrected chi connectivity index (χ4v) is 4.37. The van der Waals surface area contributed by atoms with Crippen LogP contribution in [-0.4, -0.2) is 59.1 Å². The molecule has 0 spiro atoms. The minimum Gasteiger partial charge on any atom is -0.480 e. The molecule has 0 aliphatic carbocycles. The average Bonchev–Trinajstić information content (AvgIpc) is 3.28. The lowest BCUT2D eigenvalue weighted by molar-refractivity contribution is -0.149. The van der Waals surface area contributed by atoms with Gasteiger partial charge in [0, 0.05) is 40.9 Å².